The lowest BCUT2D eigenvalue weighted by Crippen LogP contribution is -2.34. The van der Waals surface area contributed by atoms with Gasteiger partial charge >= 0.3 is 0 Å². The minimum absolute atomic E-state index is 0.141. The Morgan fingerprint density at radius 3 is 2.52 bits per heavy atom. The Kier molecular flexibility index (Phi) is 3.54. The zero-order valence-electron chi connectivity index (χ0n) is 13.0. The highest BCUT2D eigenvalue weighted by Gasteiger charge is 2.37. The Labute approximate surface area is 135 Å². The highest BCUT2D eigenvalue weighted by Crippen LogP contribution is 2.42. The molecule has 4 nitrogen and oxygen atoms in total. The van der Waals surface area contributed by atoms with Crippen LogP contribution in [0.1, 0.15) is 25.7 Å². The van der Waals surface area contributed by atoms with E-state index in [-0.39, 0.29) is 12.1 Å². The van der Waals surface area contributed by atoms with Gasteiger partial charge in [-0.15, -0.1) is 0 Å². The van der Waals surface area contributed by atoms with Crippen LogP contribution in [0.4, 0.5) is 0 Å². The van der Waals surface area contributed by atoms with E-state index in [0.29, 0.717) is 0 Å². The second-order valence-electron chi connectivity index (χ2n) is 6.28. The van der Waals surface area contributed by atoms with Crippen LogP contribution in [0, 0.1) is 0 Å². The van der Waals surface area contributed by atoms with Crippen molar-refractivity contribution in [2.45, 2.75) is 31.2 Å². The van der Waals surface area contributed by atoms with Crippen LogP contribution in [0.2, 0.25) is 0 Å². The maximum Gasteiger partial charge on any atom is 0.0996 e. The van der Waals surface area contributed by atoms with E-state index in [1.807, 2.05) is 30.6 Å². The lowest BCUT2D eigenvalue weighted by molar-refractivity contribution is 0.138. The highest BCUT2D eigenvalue weighted by atomic mass is 16.3. The zero-order chi connectivity index (χ0) is 15.7. The van der Waals surface area contributed by atoms with Gasteiger partial charge in [-0.25, -0.2) is 4.98 Å². The van der Waals surface area contributed by atoms with E-state index in [1.165, 1.54) is 0 Å². The fourth-order valence-corrected chi connectivity index (χ4v) is 3.70. The maximum absolute atomic E-state index is 10.1. The van der Waals surface area contributed by atoms with E-state index in [0.717, 1.165) is 48.2 Å². The average Bonchev–Trinajstić information content (AvgIpc) is 3.34. The number of hydrogen-bond acceptors (Lipinski definition) is 3. The summed E-state index contributed by atoms with van der Waals surface area (Å²) in [6, 6.07) is 12.1. The zero-order valence-corrected chi connectivity index (χ0v) is 13.0. The Hall–Kier alpha value is -2.33. The van der Waals surface area contributed by atoms with E-state index in [1.54, 1.807) is 12.5 Å². The molecule has 0 spiro atoms. The molecule has 1 fully saturated rings. The third-order valence-corrected chi connectivity index (χ3v) is 4.95. The summed E-state index contributed by atoms with van der Waals surface area (Å²) in [7, 11) is 0. The molecule has 1 saturated carbocycles. The lowest BCUT2D eigenvalue weighted by Gasteiger charge is -2.30. The molecule has 1 aliphatic rings. The normalized spacial score (nSPS) is 16.7. The van der Waals surface area contributed by atoms with Crippen molar-refractivity contribution in [3.63, 3.8) is 0 Å². The first kappa shape index (κ1) is 14.3. The number of imidazole rings is 1. The van der Waals surface area contributed by atoms with Crippen LogP contribution < -0.4 is 0 Å². The number of rotatable bonds is 4. The third-order valence-electron chi connectivity index (χ3n) is 4.95. The predicted octanol–water partition coefficient (Wildman–Crippen LogP) is 4.07. The van der Waals surface area contributed by atoms with Crippen molar-refractivity contribution in [2.24, 2.45) is 0 Å². The Bertz CT molecular complexity index is 769. The van der Waals surface area contributed by atoms with E-state index in [9.17, 15) is 5.11 Å². The van der Waals surface area contributed by atoms with Crippen LogP contribution in [-0.2, 0) is 5.54 Å². The fraction of sp³-hybridized carbons (Fsp3) is 0.316. The molecule has 23 heavy (non-hydrogen) atoms. The van der Waals surface area contributed by atoms with Crippen molar-refractivity contribution in [3.05, 3.63) is 55.3 Å². The number of aliphatic hydroxyl groups excluding tert-OH is 1. The average molecular weight is 308 g/mol. The summed E-state index contributed by atoms with van der Waals surface area (Å²) < 4.78 is 7.48. The third kappa shape index (κ3) is 2.30. The monoisotopic (exact) mass is 308 g/mol. The number of nitrogens with zero attached hydrogens (tertiary/aromatic N) is 2. The molecule has 0 radical (unpaired) electrons. The molecule has 1 aliphatic carbocycles. The fourth-order valence-electron chi connectivity index (χ4n) is 3.70. The van der Waals surface area contributed by atoms with E-state index < -0.39 is 0 Å². The SMILES string of the molecule is OCC1(n2cnc(-c3ccccc3)c2-c2ccoc2)CCCC1. The lowest BCUT2D eigenvalue weighted by atomic mass is 9.96. The second-order valence-corrected chi connectivity index (χ2v) is 6.28. The van der Waals surface area contributed by atoms with Gasteiger partial charge in [0.1, 0.15) is 0 Å². The first-order chi connectivity index (χ1) is 11.3. The first-order valence-corrected chi connectivity index (χ1v) is 8.11. The van der Waals surface area contributed by atoms with Gasteiger partial charge in [0.15, 0.2) is 0 Å². The molecule has 0 saturated heterocycles. The van der Waals surface area contributed by atoms with E-state index >= 15 is 0 Å². The molecule has 2 heterocycles. The summed E-state index contributed by atoms with van der Waals surface area (Å²) >= 11 is 0. The predicted molar refractivity (Wildman–Crippen MR) is 88.9 cm³/mol. The molecule has 4 heteroatoms. The Balaban J connectivity index is 1.93. The van der Waals surface area contributed by atoms with Crippen LogP contribution in [-0.4, -0.2) is 21.3 Å². The van der Waals surface area contributed by atoms with Gasteiger partial charge in [0.2, 0.25) is 0 Å². The van der Waals surface area contributed by atoms with Crippen LogP contribution >= 0.6 is 0 Å². The number of aromatic nitrogens is 2. The number of benzene rings is 1. The van der Waals surface area contributed by atoms with Gasteiger partial charge in [-0.3, -0.25) is 0 Å². The molecule has 1 N–H and O–H groups in total. The van der Waals surface area contributed by atoms with E-state index in [2.05, 4.69) is 16.7 Å². The van der Waals surface area contributed by atoms with Crippen molar-refractivity contribution in [2.75, 3.05) is 6.61 Å². The smallest absolute Gasteiger partial charge is 0.0996 e. The molecule has 0 aliphatic heterocycles. The van der Waals surface area contributed by atoms with Crippen LogP contribution in [0.5, 0.6) is 0 Å². The molecule has 4 rings (SSSR count). The van der Waals surface area contributed by atoms with Gasteiger partial charge in [-0.2, -0.15) is 0 Å². The quantitative estimate of drug-likeness (QED) is 0.790. The van der Waals surface area contributed by atoms with Gasteiger partial charge in [0, 0.05) is 11.1 Å². The van der Waals surface area contributed by atoms with Crippen molar-refractivity contribution < 1.29 is 9.52 Å². The maximum atomic E-state index is 10.1. The van der Waals surface area contributed by atoms with Crippen molar-refractivity contribution in [1.82, 2.24) is 9.55 Å². The Morgan fingerprint density at radius 1 is 1.09 bits per heavy atom. The number of aliphatic hydroxyl groups is 1. The topological polar surface area (TPSA) is 51.2 Å². The van der Waals surface area contributed by atoms with Gasteiger partial charge < -0.3 is 14.1 Å². The standard InChI is InChI=1S/C19H20N2O2/c22-13-19(9-4-5-10-19)21-14-20-17(15-6-2-1-3-7-15)18(21)16-8-11-23-12-16/h1-3,6-8,11-12,14,22H,4-5,9-10,13H2. The molecular weight excluding hydrogens is 288 g/mol. The molecule has 118 valence electrons. The summed E-state index contributed by atoms with van der Waals surface area (Å²) in [5.74, 6) is 0. The Morgan fingerprint density at radius 2 is 1.87 bits per heavy atom. The molecule has 0 bridgehead atoms. The minimum atomic E-state index is -0.243. The van der Waals surface area contributed by atoms with Gasteiger partial charge in [0.25, 0.3) is 0 Å². The number of furan rings is 1. The van der Waals surface area contributed by atoms with Crippen LogP contribution in [0.15, 0.2) is 59.7 Å². The molecule has 0 amide bonds. The second kappa shape index (κ2) is 5.70. The van der Waals surface area contributed by atoms with Crippen LogP contribution in [0.25, 0.3) is 22.5 Å². The molecule has 2 aromatic heterocycles. The summed E-state index contributed by atoms with van der Waals surface area (Å²) in [5.41, 5.74) is 3.80. The summed E-state index contributed by atoms with van der Waals surface area (Å²) in [6.45, 7) is 0.141. The van der Waals surface area contributed by atoms with Gasteiger partial charge in [0.05, 0.1) is 42.4 Å². The number of hydrogen-bond donors (Lipinski definition) is 1. The molecule has 0 atom stereocenters. The molecule has 0 unspecified atom stereocenters. The van der Waals surface area contributed by atoms with Crippen molar-refractivity contribution in [3.8, 4) is 22.5 Å². The summed E-state index contributed by atoms with van der Waals surface area (Å²) in [4.78, 5) is 4.69. The summed E-state index contributed by atoms with van der Waals surface area (Å²) in [6.07, 6.45) is 9.57. The molecule has 3 aromatic rings. The van der Waals surface area contributed by atoms with Crippen molar-refractivity contribution >= 4 is 0 Å². The molecular formula is C19H20N2O2. The highest BCUT2D eigenvalue weighted by molar-refractivity contribution is 5.78. The summed E-state index contributed by atoms with van der Waals surface area (Å²) in [5, 5.41) is 10.1. The van der Waals surface area contributed by atoms with Gasteiger partial charge in [-0.05, 0) is 18.9 Å². The largest absolute Gasteiger partial charge is 0.472 e. The minimum Gasteiger partial charge on any atom is -0.472 e. The van der Waals surface area contributed by atoms with Crippen LogP contribution in [0.3, 0.4) is 0 Å². The van der Waals surface area contributed by atoms with Crippen molar-refractivity contribution in [1.29, 1.82) is 0 Å². The molecule has 1 aromatic carbocycles. The van der Waals surface area contributed by atoms with Gasteiger partial charge in [-0.1, -0.05) is 43.2 Å². The first-order valence-electron chi connectivity index (χ1n) is 8.11. The van der Waals surface area contributed by atoms with E-state index in [4.69, 9.17) is 9.40 Å².